The average molecular weight is 652 g/mol. The Hall–Kier alpha value is -5.45. The molecule has 0 spiro atoms. The fourth-order valence-corrected chi connectivity index (χ4v) is 7.71. The van der Waals surface area contributed by atoms with Crippen LogP contribution in [0.3, 0.4) is 0 Å². The molecule has 230 valence electrons. The van der Waals surface area contributed by atoms with Crippen molar-refractivity contribution >= 4 is 22.6 Å². The number of hydrogen-bond acceptors (Lipinski definition) is 4. The first-order valence-electron chi connectivity index (χ1n) is 14.4. The third-order valence-corrected chi connectivity index (χ3v) is 9.71. The highest BCUT2D eigenvalue weighted by molar-refractivity contribution is 7.17. The van der Waals surface area contributed by atoms with Gasteiger partial charge in [-0.3, -0.25) is 0 Å². The molecule has 0 radical (unpaired) electrons. The number of aliphatic imine (C=N–C) groups is 1. The van der Waals surface area contributed by atoms with Crippen molar-refractivity contribution in [2.75, 3.05) is 0 Å². The average Bonchev–Trinajstić information content (AvgIpc) is 3.67. The van der Waals surface area contributed by atoms with Crippen LogP contribution in [0.2, 0.25) is 0 Å². The zero-order valence-electron chi connectivity index (χ0n) is 24.3. The van der Waals surface area contributed by atoms with E-state index in [0.717, 1.165) is 67.4 Å². The molecule has 1 aromatic heterocycles. The molecule has 4 aromatic carbocycles. The van der Waals surface area contributed by atoms with Crippen LogP contribution in [0.25, 0.3) is 50.1 Å². The summed E-state index contributed by atoms with van der Waals surface area (Å²) in [5.74, 6) is 0. The number of rotatable bonds is 3. The minimum Gasteiger partial charge on any atom is -0.193 e. The number of thiophene rings is 1. The van der Waals surface area contributed by atoms with Crippen LogP contribution in [0, 0.1) is 22.8 Å². The molecule has 0 aliphatic heterocycles. The van der Waals surface area contributed by atoms with E-state index in [2.05, 4.69) is 11.1 Å². The van der Waals surface area contributed by atoms with Gasteiger partial charge in [-0.05, 0) is 81.8 Å². The topological polar surface area (TPSA) is 59.9 Å². The highest BCUT2D eigenvalue weighted by atomic mass is 32.1. The van der Waals surface area contributed by atoms with E-state index in [-0.39, 0.29) is 0 Å². The van der Waals surface area contributed by atoms with Crippen LogP contribution in [0.1, 0.15) is 45.4 Å². The maximum absolute atomic E-state index is 13.2. The molecule has 2 aliphatic carbocycles. The van der Waals surface area contributed by atoms with E-state index in [1.807, 2.05) is 49.5 Å². The number of benzene rings is 4. The van der Waals surface area contributed by atoms with E-state index in [4.69, 9.17) is 0 Å². The SMILES string of the molecule is CC/C(C#N)=C1\c2cc(-c3ccc(C(F)(F)F)cc3)ccc2-c2c1sc1c2-c2ccc(-c3ccc(C(F)(F)F)cc3)cc2/C1=N\C#N. The fraction of sp³-hybridized carbons (Fsp3) is 0.108. The van der Waals surface area contributed by atoms with Gasteiger partial charge in [0.25, 0.3) is 0 Å². The maximum atomic E-state index is 13.2. The number of nitrogens with zero attached hydrogens (tertiary/aromatic N) is 3. The van der Waals surface area contributed by atoms with E-state index >= 15 is 0 Å². The summed E-state index contributed by atoms with van der Waals surface area (Å²) in [6.07, 6.45) is -6.57. The van der Waals surface area contributed by atoms with Crippen LogP contribution in [0.4, 0.5) is 26.3 Å². The van der Waals surface area contributed by atoms with Gasteiger partial charge >= 0.3 is 12.4 Å². The van der Waals surface area contributed by atoms with E-state index in [9.17, 15) is 36.9 Å². The van der Waals surface area contributed by atoms with E-state index in [1.165, 1.54) is 35.6 Å². The van der Waals surface area contributed by atoms with Crippen molar-refractivity contribution in [3.05, 3.63) is 123 Å². The molecule has 0 saturated heterocycles. The summed E-state index contributed by atoms with van der Waals surface area (Å²) in [4.78, 5) is 5.76. The van der Waals surface area contributed by atoms with Crippen LogP contribution in [-0.4, -0.2) is 5.71 Å². The van der Waals surface area contributed by atoms with Gasteiger partial charge in [-0.25, -0.2) is 0 Å². The lowest BCUT2D eigenvalue weighted by atomic mass is 9.93. The maximum Gasteiger partial charge on any atom is 0.416 e. The van der Waals surface area contributed by atoms with Crippen LogP contribution >= 0.6 is 11.3 Å². The zero-order valence-corrected chi connectivity index (χ0v) is 25.1. The van der Waals surface area contributed by atoms with Crippen molar-refractivity contribution in [3.63, 3.8) is 0 Å². The summed E-state index contributed by atoms with van der Waals surface area (Å²) in [6.45, 7) is 1.88. The number of hydrogen-bond donors (Lipinski definition) is 0. The number of allylic oxidation sites excluding steroid dienone is 1. The van der Waals surface area contributed by atoms with Crippen LogP contribution in [0.15, 0.2) is 95.5 Å². The Morgan fingerprint density at radius 2 is 1.11 bits per heavy atom. The van der Waals surface area contributed by atoms with Gasteiger partial charge in [-0.2, -0.15) is 41.9 Å². The predicted octanol–water partition coefficient (Wildman–Crippen LogP) is 11.1. The monoisotopic (exact) mass is 651 g/mol. The highest BCUT2D eigenvalue weighted by Crippen LogP contribution is 2.59. The molecule has 0 N–H and O–H groups in total. The number of fused-ring (bicyclic) bond motifs is 7. The molecule has 0 saturated carbocycles. The molecule has 0 atom stereocenters. The number of alkyl halides is 6. The summed E-state index contributed by atoms with van der Waals surface area (Å²) in [7, 11) is 0. The Morgan fingerprint density at radius 1 is 0.638 bits per heavy atom. The molecular formula is C37H19F6N3S. The minimum atomic E-state index is -4.46. The zero-order chi connectivity index (χ0) is 33.2. The van der Waals surface area contributed by atoms with Crippen LogP contribution in [0.5, 0.6) is 0 Å². The second kappa shape index (κ2) is 10.8. The Morgan fingerprint density at radius 3 is 1.57 bits per heavy atom. The summed E-state index contributed by atoms with van der Waals surface area (Å²) >= 11 is 1.41. The normalized spacial score (nSPS) is 15.0. The molecule has 3 nitrogen and oxygen atoms in total. The first-order chi connectivity index (χ1) is 22.4. The van der Waals surface area contributed by atoms with Gasteiger partial charge in [0.05, 0.1) is 22.1 Å². The molecule has 0 fully saturated rings. The molecular weight excluding hydrogens is 632 g/mol. The van der Waals surface area contributed by atoms with Crippen molar-refractivity contribution in [3.8, 4) is 56.8 Å². The van der Waals surface area contributed by atoms with E-state index < -0.39 is 23.5 Å². The lowest BCUT2D eigenvalue weighted by Gasteiger charge is -2.11. The molecule has 0 bridgehead atoms. The Bertz CT molecular complexity index is 2260. The van der Waals surface area contributed by atoms with Gasteiger partial charge in [0, 0.05) is 32.7 Å². The van der Waals surface area contributed by atoms with Crippen LogP contribution in [-0.2, 0) is 12.4 Å². The van der Waals surface area contributed by atoms with Gasteiger partial charge in [0.15, 0.2) is 0 Å². The molecule has 5 aromatic rings. The fourth-order valence-electron chi connectivity index (χ4n) is 6.29. The third kappa shape index (κ3) is 4.84. The van der Waals surface area contributed by atoms with Crippen molar-refractivity contribution in [2.45, 2.75) is 25.7 Å². The molecule has 47 heavy (non-hydrogen) atoms. The number of halogens is 6. The molecule has 7 rings (SSSR count). The van der Waals surface area contributed by atoms with Crippen molar-refractivity contribution < 1.29 is 26.3 Å². The largest absolute Gasteiger partial charge is 0.416 e. The third-order valence-electron chi connectivity index (χ3n) is 8.50. The molecule has 1 heterocycles. The molecule has 0 unspecified atom stereocenters. The van der Waals surface area contributed by atoms with E-state index in [0.29, 0.717) is 45.5 Å². The Labute approximate surface area is 269 Å². The van der Waals surface area contributed by atoms with Crippen LogP contribution < -0.4 is 0 Å². The van der Waals surface area contributed by atoms with Crippen molar-refractivity contribution in [2.24, 2.45) is 4.99 Å². The summed E-state index contributed by atoms with van der Waals surface area (Å²) < 4.78 is 79.0. The quantitative estimate of drug-likeness (QED) is 0.108. The van der Waals surface area contributed by atoms with Gasteiger partial charge in [-0.15, -0.1) is 11.3 Å². The second-order valence-corrected chi connectivity index (χ2v) is 12.1. The summed E-state index contributed by atoms with van der Waals surface area (Å²) in [5, 5.41) is 19.8. The lowest BCUT2D eigenvalue weighted by Crippen LogP contribution is -2.04. The Balaban J connectivity index is 1.39. The van der Waals surface area contributed by atoms with Gasteiger partial charge < -0.3 is 0 Å². The minimum absolute atomic E-state index is 0.447. The smallest absolute Gasteiger partial charge is 0.193 e. The van der Waals surface area contributed by atoms with Gasteiger partial charge in [0.1, 0.15) is 5.71 Å². The van der Waals surface area contributed by atoms with E-state index in [1.54, 1.807) is 0 Å². The highest BCUT2D eigenvalue weighted by Gasteiger charge is 2.39. The molecule has 2 aliphatic rings. The van der Waals surface area contributed by atoms with Gasteiger partial charge in [0.2, 0.25) is 6.19 Å². The van der Waals surface area contributed by atoms with Gasteiger partial charge in [-0.1, -0.05) is 55.5 Å². The number of nitriles is 2. The molecule has 0 amide bonds. The summed E-state index contributed by atoms with van der Waals surface area (Å²) in [6, 6.07) is 23.3. The lowest BCUT2D eigenvalue weighted by molar-refractivity contribution is -0.138. The second-order valence-electron chi connectivity index (χ2n) is 11.1. The first-order valence-corrected chi connectivity index (χ1v) is 15.2. The standard InChI is InChI=1S/C37H19F6N3S/c1-2-19(17-44)30-28-15-22(20-3-9-24(10-4-20)36(38,39)40)7-13-26(28)31-32-27-14-8-23(21-5-11-25(12-6-21)37(41,42)43)16-29(27)33(46-18-45)35(32)47-34(30)31/h3-16H,2H2,1H3/b30-19-,46-33+. The summed E-state index contributed by atoms with van der Waals surface area (Å²) in [5.41, 5.74) is 7.61. The predicted molar refractivity (Wildman–Crippen MR) is 169 cm³/mol. The van der Waals surface area contributed by atoms with Crippen molar-refractivity contribution in [1.82, 2.24) is 0 Å². The van der Waals surface area contributed by atoms with Crippen molar-refractivity contribution in [1.29, 1.82) is 10.5 Å². The molecule has 10 heteroatoms. The first kappa shape index (κ1) is 30.2. The Kier molecular flexibility index (Phi) is 6.96.